The highest BCUT2D eigenvalue weighted by Gasteiger charge is 1.90. The topological polar surface area (TPSA) is 89.1 Å². The average Bonchev–Trinajstić information content (AvgIpc) is 2.16. The molecule has 3 N–H and O–H groups in total. The van der Waals surface area contributed by atoms with Gasteiger partial charge in [0.15, 0.2) is 0 Å². The van der Waals surface area contributed by atoms with Gasteiger partial charge in [-0.25, -0.2) is 14.8 Å². The van der Waals surface area contributed by atoms with Crippen LogP contribution in [0.5, 0.6) is 0 Å². The molecule has 0 atom stereocenters. The second-order valence-corrected chi connectivity index (χ2v) is 3.23. The summed E-state index contributed by atoms with van der Waals surface area (Å²) in [6.45, 7) is 5.61. The van der Waals surface area contributed by atoms with Crippen molar-refractivity contribution in [2.24, 2.45) is 0 Å². The highest BCUT2D eigenvalue weighted by molar-refractivity contribution is 5.80. The number of nitrogen functional groups attached to an aromatic ring is 1. The lowest BCUT2D eigenvalue weighted by Crippen LogP contribution is -1.97. The molecule has 1 aromatic heterocycles. The molecule has 0 aromatic carbocycles. The van der Waals surface area contributed by atoms with Gasteiger partial charge >= 0.3 is 5.97 Å². The van der Waals surface area contributed by atoms with Crippen molar-refractivity contribution in [2.45, 2.75) is 20.8 Å². The predicted molar refractivity (Wildman–Crippen MR) is 67.5 cm³/mol. The molecule has 5 heteroatoms. The Morgan fingerprint density at radius 3 is 2.18 bits per heavy atom. The SMILES string of the molecule is C/C=C/C=C/C(=O)O.Cc1cc(C)nc(N)n1. The van der Waals surface area contributed by atoms with Crippen LogP contribution >= 0.6 is 0 Å². The van der Waals surface area contributed by atoms with Gasteiger partial charge in [-0.05, 0) is 26.8 Å². The Morgan fingerprint density at radius 2 is 1.82 bits per heavy atom. The van der Waals surface area contributed by atoms with E-state index in [0.717, 1.165) is 17.5 Å². The minimum absolute atomic E-state index is 0.354. The fourth-order valence-electron chi connectivity index (χ4n) is 1.00. The molecule has 0 aliphatic rings. The smallest absolute Gasteiger partial charge is 0.328 e. The first kappa shape index (κ1) is 14.8. The largest absolute Gasteiger partial charge is 0.478 e. The van der Waals surface area contributed by atoms with Crippen molar-refractivity contribution in [1.82, 2.24) is 9.97 Å². The Morgan fingerprint density at radius 1 is 1.29 bits per heavy atom. The summed E-state index contributed by atoms with van der Waals surface area (Å²) in [5, 5.41) is 8.02. The summed E-state index contributed by atoms with van der Waals surface area (Å²) in [5.74, 6) is -0.560. The third-order valence-electron chi connectivity index (χ3n) is 1.54. The molecule has 17 heavy (non-hydrogen) atoms. The van der Waals surface area contributed by atoms with Crippen LogP contribution in [0.2, 0.25) is 0 Å². The van der Waals surface area contributed by atoms with Crippen LogP contribution in [0.15, 0.2) is 30.4 Å². The quantitative estimate of drug-likeness (QED) is 0.603. The maximum absolute atomic E-state index is 9.75. The van der Waals surface area contributed by atoms with Gasteiger partial charge in [0.25, 0.3) is 0 Å². The van der Waals surface area contributed by atoms with E-state index in [1.54, 1.807) is 12.2 Å². The molecule has 1 rings (SSSR count). The Bertz CT molecular complexity index is 375. The van der Waals surface area contributed by atoms with Crippen molar-refractivity contribution in [2.75, 3.05) is 5.73 Å². The number of aromatic nitrogens is 2. The summed E-state index contributed by atoms with van der Waals surface area (Å²) in [5.41, 5.74) is 7.17. The summed E-state index contributed by atoms with van der Waals surface area (Å²) in [6.07, 6.45) is 5.98. The molecule has 0 amide bonds. The number of anilines is 1. The Balaban J connectivity index is 0.000000304. The Kier molecular flexibility index (Phi) is 7.01. The normalized spacial score (nSPS) is 10.3. The van der Waals surface area contributed by atoms with Gasteiger partial charge in [-0.1, -0.05) is 18.2 Å². The van der Waals surface area contributed by atoms with Gasteiger partial charge in [0, 0.05) is 17.5 Å². The first-order valence-electron chi connectivity index (χ1n) is 5.05. The molecule has 5 nitrogen and oxygen atoms in total. The van der Waals surface area contributed by atoms with E-state index < -0.39 is 5.97 Å². The van der Waals surface area contributed by atoms with Gasteiger partial charge < -0.3 is 10.8 Å². The van der Waals surface area contributed by atoms with E-state index in [-0.39, 0.29) is 0 Å². The van der Waals surface area contributed by atoms with Gasteiger partial charge in [-0.3, -0.25) is 0 Å². The lowest BCUT2D eigenvalue weighted by Gasteiger charge is -1.94. The van der Waals surface area contributed by atoms with E-state index in [4.69, 9.17) is 10.8 Å². The summed E-state index contributed by atoms with van der Waals surface area (Å²) in [4.78, 5) is 17.6. The van der Waals surface area contributed by atoms with Crippen LogP contribution in [0.25, 0.3) is 0 Å². The number of carboxylic acids is 1. The monoisotopic (exact) mass is 235 g/mol. The minimum Gasteiger partial charge on any atom is -0.478 e. The lowest BCUT2D eigenvalue weighted by atomic mass is 10.4. The van der Waals surface area contributed by atoms with Crippen LogP contribution in [0.4, 0.5) is 5.95 Å². The molecule has 0 unspecified atom stereocenters. The number of hydrogen-bond donors (Lipinski definition) is 2. The zero-order chi connectivity index (χ0) is 13.3. The van der Waals surface area contributed by atoms with Crippen molar-refractivity contribution in [3.8, 4) is 0 Å². The number of aryl methyl sites for hydroxylation is 2. The van der Waals surface area contributed by atoms with Gasteiger partial charge in [-0.15, -0.1) is 0 Å². The number of carboxylic acid groups (broad SMARTS) is 1. The Labute approximate surface area is 101 Å². The molecule has 92 valence electrons. The number of rotatable bonds is 2. The van der Waals surface area contributed by atoms with E-state index in [1.807, 2.05) is 26.8 Å². The average molecular weight is 235 g/mol. The number of aliphatic carboxylic acids is 1. The van der Waals surface area contributed by atoms with Crippen LogP contribution in [-0.4, -0.2) is 21.0 Å². The zero-order valence-corrected chi connectivity index (χ0v) is 10.2. The van der Waals surface area contributed by atoms with Crippen molar-refractivity contribution in [3.63, 3.8) is 0 Å². The number of hydrogen-bond acceptors (Lipinski definition) is 4. The first-order valence-corrected chi connectivity index (χ1v) is 5.05. The predicted octanol–water partition coefficient (Wildman–Crippen LogP) is 1.88. The summed E-state index contributed by atoms with van der Waals surface area (Å²) >= 11 is 0. The molecule has 0 saturated carbocycles. The first-order chi connectivity index (χ1) is 7.95. The zero-order valence-electron chi connectivity index (χ0n) is 10.2. The highest BCUT2D eigenvalue weighted by Crippen LogP contribution is 1.98. The van der Waals surface area contributed by atoms with Crippen LogP contribution in [0, 0.1) is 13.8 Å². The second-order valence-electron chi connectivity index (χ2n) is 3.23. The lowest BCUT2D eigenvalue weighted by molar-refractivity contribution is -0.131. The highest BCUT2D eigenvalue weighted by atomic mass is 16.4. The van der Waals surface area contributed by atoms with Gasteiger partial charge in [0.2, 0.25) is 5.95 Å². The molecule has 0 bridgehead atoms. The summed E-state index contributed by atoms with van der Waals surface area (Å²) < 4.78 is 0. The number of carbonyl (C=O) groups is 1. The van der Waals surface area contributed by atoms with E-state index in [2.05, 4.69) is 9.97 Å². The van der Waals surface area contributed by atoms with Crippen molar-refractivity contribution in [3.05, 3.63) is 41.8 Å². The van der Waals surface area contributed by atoms with Crippen molar-refractivity contribution >= 4 is 11.9 Å². The van der Waals surface area contributed by atoms with Gasteiger partial charge in [0.1, 0.15) is 0 Å². The molecule has 0 spiro atoms. The molecular weight excluding hydrogens is 218 g/mol. The third kappa shape index (κ3) is 8.80. The van der Waals surface area contributed by atoms with E-state index >= 15 is 0 Å². The fraction of sp³-hybridized carbons (Fsp3) is 0.250. The molecule has 0 aliphatic heterocycles. The number of allylic oxidation sites excluding steroid dienone is 3. The maximum Gasteiger partial charge on any atom is 0.328 e. The fourth-order valence-corrected chi connectivity index (χ4v) is 1.00. The number of nitrogens with zero attached hydrogens (tertiary/aromatic N) is 2. The van der Waals surface area contributed by atoms with Crippen molar-refractivity contribution < 1.29 is 9.90 Å². The number of nitrogens with two attached hydrogens (primary N) is 1. The van der Waals surface area contributed by atoms with Crippen LogP contribution in [0.1, 0.15) is 18.3 Å². The summed E-state index contributed by atoms with van der Waals surface area (Å²) in [6, 6.07) is 1.89. The second kappa shape index (κ2) is 8.04. The van der Waals surface area contributed by atoms with Crippen molar-refractivity contribution in [1.29, 1.82) is 0 Å². The van der Waals surface area contributed by atoms with E-state index in [9.17, 15) is 4.79 Å². The molecular formula is C12H17N3O2. The molecule has 0 fully saturated rings. The third-order valence-corrected chi connectivity index (χ3v) is 1.54. The minimum atomic E-state index is -0.914. The van der Waals surface area contributed by atoms with Gasteiger partial charge in [0.05, 0.1) is 0 Å². The molecule has 0 aliphatic carbocycles. The maximum atomic E-state index is 9.75. The van der Waals surface area contributed by atoms with Gasteiger partial charge in [-0.2, -0.15) is 0 Å². The molecule has 0 saturated heterocycles. The van der Waals surface area contributed by atoms with E-state index in [1.165, 1.54) is 6.08 Å². The van der Waals surface area contributed by atoms with Crippen LogP contribution < -0.4 is 5.73 Å². The van der Waals surface area contributed by atoms with E-state index in [0.29, 0.717) is 5.95 Å². The Hall–Kier alpha value is -2.17. The van der Waals surface area contributed by atoms with Crippen LogP contribution in [-0.2, 0) is 4.79 Å². The molecule has 0 radical (unpaired) electrons. The summed E-state index contributed by atoms with van der Waals surface area (Å²) in [7, 11) is 0. The molecule has 1 aromatic rings. The van der Waals surface area contributed by atoms with Crippen LogP contribution in [0.3, 0.4) is 0 Å². The standard InChI is InChI=1S/C6H9N3.C6H8O2/c1-4-3-5(2)9-6(7)8-4;1-2-3-4-5-6(7)8/h3H,1-2H3,(H2,7,8,9);2-5H,1H3,(H,7,8)/b;3-2+,5-4+. The molecule has 1 heterocycles.